The summed E-state index contributed by atoms with van der Waals surface area (Å²) in [5.41, 5.74) is 0.544. The van der Waals surface area contributed by atoms with Crippen molar-refractivity contribution in [2.24, 2.45) is 0 Å². The summed E-state index contributed by atoms with van der Waals surface area (Å²) >= 11 is 4.93. The molecule has 1 aromatic carbocycles. The lowest BCUT2D eigenvalue weighted by molar-refractivity contribution is 0.0989. The van der Waals surface area contributed by atoms with Gasteiger partial charge in [-0.1, -0.05) is 0 Å². The van der Waals surface area contributed by atoms with E-state index in [2.05, 4.69) is 20.9 Å². The van der Waals surface area contributed by atoms with E-state index in [1.807, 2.05) is 12.1 Å². The molecular formula is C14H11BrFNOS. The molecule has 0 bridgehead atoms. The first kappa shape index (κ1) is 14.2. The van der Waals surface area contributed by atoms with Crippen molar-refractivity contribution in [2.45, 2.75) is 11.4 Å². The average Bonchev–Trinajstić information content (AvgIpc) is 2.41. The molecule has 0 atom stereocenters. The minimum Gasteiger partial charge on any atom is -0.294 e. The van der Waals surface area contributed by atoms with Crippen LogP contribution < -0.4 is 0 Å². The number of hydrogen-bond donors (Lipinski definition) is 0. The SMILES string of the molecule is O=C(CCSc1ncccc1Br)c1ccc(F)cc1. The van der Waals surface area contributed by atoms with E-state index in [0.717, 1.165) is 9.50 Å². The second-order valence-electron chi connectivity index (χ2n) is 3.82. The molecule has 0 N–H and O–H groups in total. The number of rotatable bonds is 5. The topological polar surface area (TPSA) is 30.0 Å². The fourth-order valence-electron chi connectivity index (χ4n) is 1.50. The minimum absolute atomic E-state index is 0.0135. The number of aromatic nitrogens is 1. The monoisotopic (exact) mass is 339 g/mol. The molecule has 0 aliphatic carbocycles. The number of nitrogens with zero attached hydrogens (tertiary/aromatic N) is 1. The van der Waals surface area contributed by atoms with E-state index in [9.17, 15) is 9.18 Å². The first-order chi connectivity index (χ1) is 9.16. The van der Waals surface area contributed by atoms with Crippen molar-refractivity contribution >= 4 is 33.5 Å². The Kier molecular flexibility index (Phi) is 5.10. The van der Waals surface area contributed by atoms with E-state index < -0.39 is 0 Å². The normalized spacial score (nSPS) is 10.4. The van der Waals surface area contributed by atoms with Crippen molar-refractivity contribution in [1.82, 2.24) is 4.98 Å². The second-order valence-corrected chi connectivity index (χ2v) is 5.76. The highest BCUT2D eigenvalue weighted by molar-refractivity contribution is 9.10. The second kappa shape index (κ2) is 6.82. The number of hydrogen-bond acceptors (Lipinski definition) is 3. The van der Waals surface area contributed by atoms with E-state index >= 15 is 0 Å². The molecule has 1 heterocycles. The Morgan fingerprint density at radius 1 is 1.26 bits per heavy atom. The van der Waals surface area contributed by atoms with Gasteiger partial charge in [-0.3, -0.25) is 4.79 Å². The lowest BCUT2D eigenvalue weighted by Gasteiger charge is -2.03. The highest BCUT2D eigenvalue weighted by atomic mass is 79.9. The van der Waals surface area contributed by atoms with Gasteiger partial charge in [0.1, 0.15) is 10.8 Å². The van der Waals surface area contributed by atoms with Crippen LogP contribution in [0.2, 0.25) is 0 Å². The maximum Gasteiger partial charge on any atom is 0.163 e. The van der Waals surface area contributed by atoms with Gasteiger partial charge in [0, 0.05) is 28.4 Å². The van der Waals surface area contributed by atoms with E-state index in [0.29, 0.717) is 17.7 Å². The summed E-state index contributed by atoms with van der Waals surface area (Å²) in [6, 6.07) is 9.39. The summed E-state index contributed by atoms with van der Waals surface area (Å²) in [4.78, 5) is 16.1. The molecule has 0 radical (unpaired) electrons. The number of Topliss-reactive ketones (excluding diaryl/α,β-unsaturated/α-hetero) is 1. The van der Waals surface area contributed by atoms with Crippen LogP contribution in [0.4, 0.5) is 4.39 Å². The van der Waals surface area contributed by atoms with Crippen LogP contribution in [0.3, 0.4) is 0 Å². The van der Waals surface area contributed by atoms with Crippen LogP contribution in [0.15, 0.2) is 52.1 Å². The summed E-state index contributed by atoms with van der Waals surface area (Å²) in [7, 11) is 0. The third kappa shape index (κ3) is 4.14. The van der Waals surface area contributed by atoms with Crippen molar-refractivity contribution in [1.29, 1.82) is 0 Å². The molecule has 0 amide bonds. The molecule has 19 heavy (non-hydrogen) atoms. The molecular weight excluding hydrogens is 329 g/mol. The van der Waals surface area contributed by atoms with Crippen LogP contribution in [-0.2, 0) is 0 Å². The molecule has 0 fully saturated rings. The van der Waals surface area contributed by atoms with Crippen LogP contribution in [-0.4, -0.2) is 16.5 Å². The third-order valence-electron chi connectivity index (χ3n) is 2.46. The molecule has 0 saturated carbocycles. The number of carbonyl (C=O) groups excluding carboxylic acids is 1. The van der Waals surface area contributed by atoms with Crippen LogP contribution in [0.1, 0.15) is 16.8 Å². The Labute approximate surface area is 123 Å². The number of halogens is 2. The summed E-state index contributed by atoms with van der Waals surface area (Å²) in [6.07, 6.45) is 2.12. The highest BCUT2D eigenvalue weighted by Gasteiger charge is 2.07. The number of pyridine rings is 1. The fourth-order valence-corrected chi connectivity index (χ4v) is 2.92. The minimum atomic E-state index is -0.330. The van der Waals surface area contributed by atoms with Gasteiger partial charge in [-0.15, -0.1) is 11.8 Å². The lowest BCUT2D eigenvalue weighted by Crippen LogP contribution is -2.00. The molecule has 0 unspecified atom stereocenters. The first-order valence-electron chi connectivity index (χ1n) is 5.69. The number of ketones is 1. The summed E-state index contributed by atoms with van der Waals surface area (Å²) in [5, 5.41) is 0.870. The highest BCUT2D eigenvalue weighted by Crippen LogP contribution is 2.25. The standard InChI is InChI=1S/C14H11BrFNOS/c15-12-2-1-8-17-14(12)19-9-7-13(18)10-3-5-11(16)6-4-10/h1-6,8H,7,9H2. The van der Waals surface area contributed by atoms with Gasteiger partial charge in [0.15, 0.2) is 5.78 Å². The van der Waals surface area contributed by atoms with Gasteiger partial charge in [0.05, 0.1) is 0 Å². The molecule has 2 rings (SSSR count). The Bertz CT molecular complexity index is 574. The van der Waals surface area contributed by atoms with Crippen LogP contribution >= 0.6 is 27.7 Å². The summed E-state index contributed by atoms with van der Waals surface area (Å²) in [6.45, 7) is 0. The zero-order valence-electron chi connectivity index (χ0n) is 9.98. The Morgan fingerprint density at radius 3 is 2.68 bits per heavy atom. The van der Waals surface area contributed by atoms with E-state index in [-0.39, 0.29) is 11.6 Å². The van der Waals surface area contributed by atoms with Crippen molar-refractivity contribution in [3.63, 3.8) is 0 Å². The molecule has 1 aromatic heterocycles. The molecule has 0 saturated heterocycles. The van der Waals surface area contributed by atoms with Crippen molar-refractivity contribution in [3.05, 3.63) is 58.4 Å². The molecule has 98 valence electrons. The number of benzene rings is 1. The molecule has 0 spiro atoms. The lowest BCUT2D eigenvalue weighted by atomic mass is 10.1. The van der Waals surface area contributed by atoms with E-state index in [1.165, 1.54) is 36.0 Å². The zero-order valence-corrected chi connectivity index (χ0v) is 12.4. The molecule has 0 aliphatic rings. The first-order valence-corrected chi connectivity index (χ1v) is 7.47. The molecule has 0 aliphatic heterocycles. The van der Waals surface area contributed by atoms with Crippen LogP contribution in [0, 0.1) is 5.82 Å². The van der Waals surface area contributed by atoms with Gasteiger partial charge >= 0.3 is 0 Å². The predicted octanol–water partition coefficient (Wildman–Crippen LogP) is 4.35. The smallest absolute Gasteiger partial charge is 0.163 e. The molecule has 2 aromatic rings. The van der Waals surface area contributed by atoms with Gasteiger partial charge in [-0.05, 0) is 52.3 Å². The largest absolute Gasteiger partial charge is 0.294 e. The van der Waals surface area contributed by atoms with Crippen molar-refractivity contribution in [3.8, 4) is 0 Å². The molecule has 5 heteroatoms. The Balaban J connectivity index is 1.88. The fraction of sp³-hybridized carbons (Fsp3) is 0.143. The predicted molar refractivity (Wildman–Crippen MR) is 78.0 cm³/mol. The van der Waals surface area contributed by atoms with Crippen LogP contribution in [0.25, 0.3) is 0 Å². The van der Waals surface area contributed by atoms with Gasteiger partial charge in [0.25, 0.3) is 0 Å². The summed E-state index contributed by atoms with van der Waals surface area (Å²) in [5.74, 6) is 0.328. The third-order valence-corrected chi connectivity index (χ3v) is 4.37. The molecule has 2 nitrogen and oxygen atoms in total. The number of thioether (sulfide) groups is 1. The van der Waals surface area contributed by atoms with Crippen molar-refractivity contribution < 1.29 is 9.18 Å². The van der Waals surface area contributed by atoms with E-state index in [1.54, 1.807) is 6.20 Å². The quantitative estimate of drug-likeness (QED) is 0.599. The Morgan fingerprint density at radius 2 is 2.00 bits per heavy atom. The summed E-state index contributed by atoms with van der Waals surface area (Å²) < 4.78 is 13.7. The average molecular weight is 340 g/mol. The van der Waals surface area contributed by atoms with E-state index in [4.69, 9.17) is 0 Å². The zero-order chi connectivity index (χ0) is 13.7. The Hall–Kier alpha value is -1.20. The van der Waals surface area contributed by atoms with Crippen LogP contribution in [0.5, 0.6) is 0 Å². The van der Waals surface area contributed by atoms with Gasteiger partial charge in [-0.25, -0.2) is 9.37 Å². The number of carbonyl (C=O) groups is 1. The van der Waals surface area contributed by atoms with Gasteiger partial charge in [-0.2, -0.15) is 0 Å². The van der Waals surface area contributed by atoms with Crippen molar-refractivity contribution in [2.75, 3.05) is 5.75 Å². The maximum absolute atomic E-state index is 12.7. The van der Waals surface area contributed by atoms with Gasteiger partial charge < -0.3 is 0 Å². The van der Waals surface area contributed by atoms with Gasteiger partial charge in [0.2, 0.25) is 0 Å². The maximum atomic E-state index is 12.7.